The third kappa shape index (κ3) is 4.52. The van der Waals surface area contributed by atoms with Crippen molar-refractivity contribution in [2.45, 2.75) is 38.6 Å². The number of halogens is 2. The van der Waals surface area contributed by atoms with E-state index in [1.165, 1.54) is 0 Å². The van der Waals surface area contributed by atoms with Crippen LogP contribution >= 0.6 is 11.3 Å². The third-order valence-electron chi connectivity index (χ3n) is 6.46. The third-order valence-corrected chi connectivity index (χ3v) is 7.23. The van der Waals surface area contributed by atoms with E-state index in [9.17, 15) is 18.7 Å². The lowest BCUT2D eigenvalue weighted by atomic mass is 9.86. The Morgan fingerprint density at radius 2 is 1.91 bits per heavy atom. The summed E-state index contributed by atoms with van der Waals surface area (Å²) in [4.78, 5) is 16.8. The Bertz CT molecular complexity index is 1340. The molecule has 0 aliphatic heterocycles. The van der Waals surface area contributed by atoms with Gasteiger partial charge in [-0.05, 0) is 56.7 Å². The zero-order chi connectivity index (χ0) is 23.8. The molecule has 176 valence electrons. The average molecular weight is 483 g/mol. The van der Waals surface area contributed by atoms with Crippen LogP contribution in [0.15, 0.2) is 41.9 Å². The number of amides is 1. The molecule has 34 heavy (non-hydrogen) atoms. The number of carbonyl (C=O) groups excluding carboxylic acids is 1. The van der Waals surface area contributed by atoms with Crippen LogP contribution in [0.1, 0.15) is 47.1 Å². The standard InChI is InChI=1S/C25H24F2N4O2S/c1-14-29-23(13-34-14)16-4-5-17-12-31(30-22(17)10-16)19-6-2-15(3-7-19)11-28-25(33)18-8-20(26)24(32)21(27)9-18/h4-5,8-10,12-13,15,19,32H,2-3,6-7,11H2,1H3,(H,28,33). The monoisotopic (exact) mass is 482 g/mol. The van der Waals surface area contributed by atoms with Crippen LogP contribution < -0.4 is 5.32 Å². The minimum Gasteiger partial charge on any atom is -0.503 e. The van der Waals surface area contributed by atoms with Crippen molar-refractivity contribution < 1.29 is 18.7 Å². The largest absolute Gasteiger partial charge is 0.503 e. The molecule has 0 spiro atoms. The topological polar surface area (TPSA) is 80.0 Å². The fourth-order valence-corrected chi connectivity index (χ4v) is 5.15. The first-order valence-corrected chi connectivity index (χ1v) is 12.1. The average Bonchev–Trinajstić information content (AvgIpc) is 3.46. The number of aromatic nitrogens is 3. The minimum atomic E-state index is -1.15. The second kappa shape index (κ2) is 9.13. The first kappa shape index (κ1) is 22.5. The number of hydrogen-bond donors (Lipinski definition) is 2. The van der Waals surface area contributed by atoms with E-state index in [-0.39, 0.29) is 11.5 Å². The van der Waals surface area contributed by atoms with E-state index in [1.807, 2.05) is 6.92 Å². The molecule has 0 bridgehead atoms. The fourth-order valence-electron chi connectivity index (χ4n) is 4.53. The Kier molecular flexibility index (Phi) is 6.03. The molecule has 2 heterocycles. The van der Waals surface area contributed by atoms with Crippen molar-refractivity contribution in [1.82, 2.24) is 20.1 Å². The van der Waals surface area contributed by atoms with Crippen molar-refractivity contribution in [2.75, 3.05) is 6.54 Å². The number of carbonyl (C=O) groups is 1. The molecule has 2 N–H and O–H groups in total. The van der Waals surface area contributed by atoms with Gasteiger partial charge in [-0.1, -0.05) is 12.1 Å². The molecular weight excluding hydrogens is 458 g/mol. The van der Waals surface area contributed by atoms with Gasteiger partial charge in [0, 0.05) is 34.6 Å². The van der Waals surface area contributed by atoms with Gasteiger partial charge in [-0.2, -0.15) is 5.10 Å². The minimum absolute atomic E-state index is 0.142. The number of rotatable bonds is 5. The molecule has 4 aromatic rings. The molecule has 6 nitrogen and oxygen atoms in total. The van der Waals surface area contributed by atoms with Crippen molar-refractivity contribution in [2.24, 2.45) is 5.92 Å². The summed E-state index contributed by atoms with van der Waals surface area (Å²) in [6, 6.07) is 8.22. The lowest BCUT2D eigenvalue weighted by Crippen LogP contribution is -2.31. The van der Waals surface area contributed by atoms with Crippen molar-refractivity contribution in [3.8, 4) is 17.0 Å². The SMILES string of the molecule is Cc1nc(-c2ccc3cn(C4CCC(CNC(=O)c5cc(F)c(O)c(F)c5)CC4)nc3c2)cs1. The van der Waals surface area contributed by atoms with E-state index in [0.717, 1.165) is 65.0 Å². The van der Waals surface area contributed by atoms with Crippen molar-refractivity contribution in [1.29, 1.82) is 0 Å². The van der Waals surface area contributed by atoms with Crippen LogP contribution in [0.5, 0.6) is 5.75 Å². The number of aromatic hydroxyl groups is 1. The predicted molar refractivity (Wildman–Crippen MR) is 127 cm³/mol. The van der Waals surface area contributed by atoms with E-state index >= 15 is 0 Å². The van der Waals surface area contributed by atoms with Crippen molar-refractivity contribution in [3.05, 3.63) is 64.1 Å². The number of nitrogens with zero attached hydrogens (tertiary/aromatic N) is 3. The number of phenolic OH excluding ortho intramolecular Hbond substituents is 1. The van der Waals surface area contributed by atoms with Crippen LogP contribution in [0.25, 0.3) is 22.2 Å². The maximum atomic E-state index is 13.5. The molecule has 1 amide bonds. The molecular formula is C25H24F2N4O2S. The van der Waals surface area contributed by atoms with Gasteiger partial charge in [0.25, 0.3) is 5.91 Å². The zero-order valence-corrected chi connectivity index (χ0v) is 19.4. The first-order chi connectivity index (χ1) is 16.4. The Morgan fingerprint density at radius 1 is 1.18 bits per heavy atom. The summed E-state index contributed by atoms with van der Waals surface area (Å²) in [5.41, 5.74) is 2.84. The normalized spacial score (nSPS) is 18.3. The van der Waals surface area contributed by atoms with Gasteiger partial charge in [-0.15, -0.1) is 11.3 Å². The summed E-state index contributed by atoms with van der Waals surface area (Å²) in [7, 11) is 0. The first-order valence-electron chi connectivity index (χ1n) is 11.2. The number of fused-ring (bicyclic) bond motifs is 1. The highest BCUT2D eigenvalue weighted by atomic mass is 32.1. The highest BCUT2D eigenvalue weighted by molar-refractivity contribution is 7.09. The summed E-state index contributed by atoms with van der Waals surface area (Å²) < 4.78 is 29.1. The van der Waals surface area contributed by atoms with E-state index in [1.54, 1.807) is 11.3 Å². The molecule has 1 aliphatic rings. The number of nitrogens with one attached hydrogen (secondary N) is 1. The summed E-state index contributed by atoms with van der Waals surface area (Å²) in [5.74, 6) is -3.63. The molecule has 0 radical (unpaired) electrons. The van der Waals surface area contributed by atoms with Crippen LogP contribution in [0.3, 0.4) is 0 Å². The van der Waals surface area contributed by atoms with Gasteiger partial charge in [0.2, 0.25) is 0 Å². The molecule has 1 aliphatic carbocycles. The molecule has 2 aromatic heterocycles. The lowest BCUT2D eigenvalue weighted by molar-refractivity contribution is 0.0940. The number of thiazole rings is 1. The Morgan fingerprint density at radius 3 is 2.59 bits per heavy atom. The van der Waals surface area contributed by atoms with Gasteiger partial charge in [0.15, 0.2) is 17.4 Å². The number of phenols is 1. The number of hydrogen-bond acceptors (Lipinski definition) is 5. The molecule has 2 aromatic carbocycles. The van der Waals surface area contributed by atoms with Crippen LogP contribution in [0, 0.1) is 24.5 Å². The quantitative estimate of drug-likeness (QED) is 0.387. The number of benzene rings is 2. The highest BCUT2D eigenvalue weighted by Crippen LogP contribution is 2.33. The Balaban J connectivity index is 1.18. The molecule has 0 atom stereocenters. The molecule has 9 heteroatoms. The van der Waals surface area contributed by atoms with Gasteiger partial charge >= 0.3 is 0 Å². The van der Waals surface area contributed by atoms with Gasteiger partial charge in [0.05, 0.1) is 22.3 Å². The second-order valence-corrected chi connectivity index (χ2v) is 9.87. The van der Waals surface area contributed by atoms with Crippen LogP contribution in [-0.4, -0.2) is 32.3 Å². The molecule has 0 saturated heterocycles. The molecule has 0 unspecified atom stereocenters. The molecule has 1 fully saturated rings. The van der Waals surface area contributed by atoms with Crippen molar-refractivity contribution in [3.63, 3.8) is 0 Å². The smallest absolute Gasteiger partial charge is 0.251 e. The maximum absolute atomic E-state index is 13.5. The summed E-state index contributed by atoms with van der Waals surface area (Å²) >= 11 is 1.63. The van der Waals surface area contributed by atoms with Gasteiger partial charge < -0.3 is 10.4 Å². The van der Waals surface area contributed by atoms with E-state index < -0.39 is 23.3 Å². The van der Waals surface area contributed by atoms with Gasteiger partial charge in [-0.25, -0.2) is 13.8 Å². The van der Waals surface area contributed by atoms with Crippen molar-refractivity contribution >= 4 is 28.1 Å². The second-order valence-electron chi connectivity index (χ2n) is 8.81. The van der Waals surface area contributed by atoms with Gasteiger partial charge in [-0.3, -0.25) is 9.48 Å². The van der Waals surface area contributed by atoms with E-state index in [0.29, 0.717) is 12.6 Å². The van der Waals surface area contributed by atoms with Crippen LogP contribution in [0.4, 0.5) is 8.78 Å². The van der Waals surface area contributed by atoms with E-state index in [4.69, 9.17) is 5.10 Å². The zero-order valence-electron chi connectivity index (χ0n) is 18.6. The van der Waals surface area contributed by atoms with Crippen LogP contribution in [-0.2, 0) is 0 Å². The molecule has 5 rings (SSSR count). The molecule has 1 saturated carbocycles. The fraction of sp³-hybridized carbons (Fsp3) is 0.320. The number of aryl methyl sites for hydroxylation is 1. The lowest BCUT2D eigenvalue weighted by Gasteiger charge is -2.28. The Labute approximate surface area is 199 Å². The summed E-state index contributed by atoms with van der Waals surface area (Å²) in [5, 5.41) is 21.0. The Hall–Kier alpha value is -3.33. The van der Waals surface area contributed by atoms with E-state index in [2.05, 4.69) is 44.8 Å². The van der Waals surface area contributed by atoms with Crippen LogP contribution in [0.2, 0.25) is 0 Å². The predicted octanol–water partition coefficient (Wildman–Crippen LogP) is 5.61. The summed E-state index contributed by atoms with van der Waals surface area (Å²) in [6.07, 6.45) is 5.81. The van der Waals surface area contributed by atoms with Gasteiger partial charge in [0.1, 0.15) is 0 Å². The highest BCUT2D eigenvalue weighted by Gasteiger charge is 2.24. The maximum Gasteiger partial charge on any atom is 0.251 e. The summed E-state index contributed by atoms with van der Waals surface area (Å²) in [6.45, 7) is 2.43.